The number of rotatable bonds is 4. The van der Waals surface area contributed by atoms with Crippen molar-refractivity contribution in [2.45, 2.75) is 6.61 Å². The van der Waals surface area contributed by atoms with Gasteiger partial charge in [0.25, 0.3) is 0 Å². The summed E-state index contributed by atoms with van der Waals surface area (Å²) in [7, 11) is -1.89. The molecule has 0 aliphatic rings. The second-order valence-corrected chi connectivity index (χ2v) is 4.71. The van der Waals surface area contributed by atoms with E-state index in [9.17, 15) is 4.39 Å². The first-order chi connectivity index (χ1) is 9.09. The molecule has 0 spiro atoms. The van der Waals surface area contributed by atoms with Crippen molar-refractivity contribution in [2.75, 3.05) is 0 Å². The maximum atomic E-state index is 13.4. The molecule has 6 heteroatoms. The Morgan fingerprint density at radius 1 is 1.11 bits per heavy atom. The molecule has 0 saturated carbocycles. The number of benzene rings is 2. The van der Waals surface area contributed by atoms with Gasteiger partial charge in [-0.2, -0.15) is 0 Å². The minimum Gasteiger partial charge on any atom is -0.488 e. The van der Waals surface area contributed by atoms with E-state index in [1.165, 1.54) is 6.07 Å². The molecular weight excluding hydrogens is 314 g/mol. The highest BCUT2D eigenvalue weighted by Crippen LogP contribution is 2.25. The number of hydrogen-bond donors (Lipinski definition) is 2. The highest BCUT2D eigenvalue weighted by atomic mass is 79.9. The lowest BCUT2D eigenvalue weighted by Crippen LogP contribution is -2.34. The average molecular weight is 325 g/mol. The zero-order valence-corrected chi connectivity index (χ0v) is 11.5. The largest absolute Gasteiger partial charge is 0.492 e. The van der Waals surface area contributed by atoms with Gasteiger partial charge in [0.1, 0.15) is 18.2 Å². The molecule has 0 heterocycles. The third-order valence-electron chi connectivity index (χ3n) is 2.59. The van der Waals surface area contributed by atoms with Gasteiger partial charge < -0.3 is 14.8 Å². The van der Waals surface area contributed by atoms with Gasteiger partial charge in [-0.1, -0.05) is 30.3 Å². The fourth-order valence-electron chi connectivity index (χ4n) is 1.63. The minimum atomic E-state index is -1.89. The van der Waals surface area contributed by atoms with E-state index >= 15 is 0 Å². The van der Waals surface area contributed by atoms with Crippen molar-refractivity contribution in [3.05, 3.63) is 58.3 Å². The normalized spacial score (nSPS) is 10.3. The fourth-order valence-corrected chi connectivity index (χ4v) is 2.27. The van der Waals surface area contributed by atoms with Crippen LogP contribution in [0.25, 0.3) is 0 Å². The van der Waals surface area contributed by atoms with Crippen molar-refractivity contribution in [3.8, 4) is 5.75 Å². The molecule has 0 radical (unpaired) electrons. The first-order valence-electron chi connectivity index (χ1n) is 5.60. The van der Waals surface area contributed by atoms with E-state index < -0.39 is 12.9 Å². The van der Waals surface area contributed by atoms with Gasteiger partial charge in [0.2, 0.25) is 0 Å². The molecule has 0 amide bonds. The predicted octanol–water partition coefficient (Wildman–Crippen LogP) is 1.85. The molecule has 0 aromatic heterocycles. The van der Waals surface area contributed by atoms with Crippen LogP contribution < -0.4 is 10.2 Å². The second-order valence-electron chi connectivity index (χ2n) is 3.92. The van der Waals surface area contributed by atoms with Crippen LogP contribution in [0, 0.1) is 5.82 Å². The molecule has 0 aliphatic carbocycles. The summed E-state index contributed by atoms with van der Waals surface area (Å²) in [5, 5.41) is 18.3. The molecule has 19 heavy (non-hydrogen) atoms. The van der Waals surface area contributed by atoms with Crippen LogP contribution in [0.3, 0.4) is 0 Å². The fraction of sp³-hybridized carbons (Fsp3) is 0.0769. The van der Waals surface area contributed by atoms with Crippen molar-refractivity contribution in [2.24, 2.45) is 0 Å². The molecule has 0 atom stereocenters. The lowest BCUT2D eigenvalue weighted by atomic mass is 9.80. The van der Waals surface area contributed by atoms with Gasteiger partial charge in [0.05, 0.1) is 4.47 Å². The molecule has 3 nitrogen and oxygen atoms in total. The van der Waals surface area contributed by atoms with Crippen molar-refractivity contribution < 1.29 is 19.2 Å². The van der Waals surface area contributed by atoms with Crippen LogP contribution in [-0.2, 0) is 6.61 Å². The Morgan fingerprint density at radius 3 is 2.42 bits per heavy atom. The molecule has 2 N–H and O–H groups in total. The second kappa shape index (κ2) is 6.19. The third kappa shape index (κ3) is 3.35. The molecule has 98 valence electrons. The van der Waals surface area contributed by atoms with Crippen LogP contribution in [0.2, 0.25) is 0 Å². The van der Waals surface area contributed by atoms with Crippen molar-refractivity contribution in [3.63, 3.8) is 0 Å². The van der Waals surface area contributed by atoms with Gasteiger partial charge in [-0.3, -0.25) is 0 Å². The van der Waals surface area contributed by atoms with Crippen LogP contribution >= 0.6 is 15.9 Å². The maximum Gasteiger partial charge on any atom is 0.492 e. The highest BCUT2D eigenvalue weighted by molar-refractivity contribution is 9.10. The van der Waals surface area contributed by atoms with Crippen molar-refractivity contribution in [1.82, 2.24) is 0 Å². The predicted molar refractivity (Wildman–Crippen MR) is 74.7 cm³/mol. The summed E-state index contributed by atoms with van der Waals surface area (Å²) >= 11 is 3.12. The Bertz CT molecular complexity index is 563. The highest BCUT2D eigenvalue weighted by Gasteiger charge is 2.22. The first kappa shape index (κ1) is 14.1. The number of hydrogen-bond acceptors (Lipinski definition) is 3. The molecule has 2 aromatic carbocycles. The Hall–Kier alpha value is -1.37. The maximum absolute atomic E-state index is 13.4. The Morgan fingerprint density at radius 2 is 1.79 bits per heavy atom. The standard InChI is InChI=1S/C13H11BBrFO3/c15-13-11(7-6-10(16)12(13)14(17)18)19-8-9-4-2-1-3-5-9/h1-7,17-18H,8H2. The summed E-state index contributed by atoms with van der Waals surface area (Å²) in [6.45, 7) is 0.312. The lowest BCUT2D eigenvalue weighted by Gasteiger charge is -2.12. The summed E-state index contributed by atoms with van der Waals surface area (Å²) in [5.41, 5.74) is 0.732. The van der Waals surface area contributed by atoms with Crippen molar-refractivity contribution >= 4 is 28.5 Å². The third-order valence-corrected chi connectivity index (χ3v) is 3.40. The molecule has 0 bridgehead atoms. The Balaban J connectivity index is 2.20. The summed E-state index contributed by atoms with van der Waals surface area (Å²) in [6, 6.07) is 12.1. The molecule has 0 aliphatic heterocycles. The Kier molecular flexibility index (Phi) is 4.58. The SMILES string of the molecule is OB(O)c1c(F)ccc(OCc2ccccc2)c1Br. The smallest absolute Gasteiger partial charge is 0.488 e. The molecule has 0 unspecified atom stereocenters. The minimum absolute atomic E-state index is 0.207. The number of halogens is 2. The van der Waals surface area contributed by atoms with Gasteiger partial charge in [-0.15, -0.1) is 0 Å². The van der Waals surface area contributed by atoms with Gasteiger partial charge in [0, 0.05) is 5.46 Å². The Labute approximate surface area is 118 Å². The van der Waals surface area contributed by atoms with E-state index in [4.69, 9.17) is 14.8 Å². The molecule has 2 rings (SSSR count). The quantitative estimate of drug-likeness (QED) is 0.844. The van der Waals surface area contributed by atoms with Crippen LogP contribution in [0.1, 0.15) is 5.56 Å². The van der Waals surface area contributed by atoms with Gasteiger partial charge in [-0.05, 0) is 33.6 Å². The number of ether oxygens (including phenoxy) is 1. The zero-order chi connectivity index (χ0) is 13.8. The van der Waals surface area contributed by atoms with Gasteiger partial charge >= 0.3 is 7.12 Å². The van der Waals surface area contributed by atoms with Crippen LogP contribution in [0.15, 0.2) is 46.9 Å². The molecule has 0 saturated heterocycles. The lowest BCUT2D eigenvalue weighted by molar-refractivity contribution is 0.304. The first-order valence-corrected chi connectivity index (χ1v) is 6.39. The molecule has 2 aromatic rings. The van der Waals surface area contributed by atoms with Gasteiger partial charge in [-0.25, -0.2) is 4.39 Å². The van der Waals surface area contributed by atoms with Crippen molar-refractivity contribution in [1.29, 1.82) is 0 Å². The zero-order valence-electron chi connectivity index (χ0n) is 9.88. The van der Waals surface area contributed by atoms with E-state index in [1.54, 1.807) is 0 Å². The molecule has 0 fully saturated rings. The molecular formula is C13H11BBrFO3. The van der Waals surface area contributed by atoms with Crippen LogP contribution in [0.4, 0.5) is 4.39 Å². The van der Waals surface area contributed by atoms with E-state index in [1.807, 2.05) is 30.3 Å². The monoisotopic (exact) mass is 324 g/mol. The van der Waals surface area contributed by atoms with Crippen LogP contribution in [-0.4, -0.2) is 17.2 Å². The average Bonchev–Trinajstić information content (AvgIpc) is 2.38. The van der Waals surface area contributed by atoms with E-state index in [-0.39, 0.29) is 9.94 Å². The summed E-state index contributed by atoms with van der Waals surface area (Å²) < 4.78 is 19.2. The summed E-state index contributed by atoms with van der Waals surface area (Å²) in [4.78, 5) is 0. The topological polar surface area (TPSA) is 49.7 Å². The van der Waals surface area contributed by atoms with E-state index in [0.29, 0.717) is 12.4 Å². The van der Waals surface area contributed by atoms with E-state index in [2.05, 4.69) is 15.9 Å². The van der Waals surface area contributed by atoms with E-state index in [0.717, 1.165) is 11.6 Å². The summed E-state index contributed by atoms with van der Waals surface area (Å²) in [5.74, 6) is -0.345. The van der Waals surface area contributed by atoms with Gasteiger partial charge in [0.15, 0.2) is 0 Å². The summed E-state index contributed by atoms with van der Waals surface area (Å²) in [6.07, 6.45) is 0. The van der Waals surface area contributed by atoms with Crippen LogP contribution in [0.5, 0.6) is 5.75 Å².